The molecule has 0 aromatic heterocycles. The van der Waals surface area contributed by atoms with Gasteiger partial charge < -0.3 is 15.4 Å². The summed E-state index contributed by atoms with van der Waals surface area (Å²) in [4.78, 5) is 4.69. The Morgan fingerprint density at radius 1 is 1.18 bits per heavy atom. The lowest BCUT2D eigenvalue weighted by Gasteiger charge is -2.42. The molecule has 104 valence electrons. The van der Waals surface area contributed by atoms with Gasteiger partial charge in [0.15, 0.2) is 0 Å². The highest BCUT2D eigenvalue weighted by molar-refractivity contribution is 4.90. The molecule has 0 aliphatic rings. The highest BCUT2D eigenvalue weighted by Gasteiger charge is 2.32. The van der Waals surface area contributed by atoms with E-state index in [-0.39, 0.29) is 5.54 Å². The average molecular weight is 245 g/mol. The third-order valence-electron chi connectivity index (χ3n) is 3.54. The second kappa shape index (κ2) is 8.86. The first-order valence-corrected chi connectivity index (χ1v) is 6.65. The predicted molar refractivity (Wildman–Crippen MR) is 74.4 cm³/mol. The van der Waals surface area contributed by atoms with E-state index in [0.29, 0.717) is 6.54 Å². The summed E-state index contributed by atoms with van der Waals surface area (Å²) in [5.41, 5.74) is 5.99. The summed E-state index contributed by atoms with van der Waals surface area (Å²) in [7, 11) is 5.98. The van der Waals surface area contributed by atoms with Crippen LogP contribution in [0.5, 0.6) is 0 Å². The van der Waals surface area contributed by atoms with Crippen molar-refractivity contribution in [1.29, 1.82) is 0 Å². The molecule has 0 bridgehead atoms. The molecule has 1 unspecified atom stereocenters. The van der Waals surface area contributed by atoms with E-state index in [2.05, 4.69) is 37.7 Å². The first-order valence-electron chi connectivity index (χ1n) is 6.65. The zero-order chi connectivity index (χ0) is 13.3. The van der Waals surface area contributed by atoms with Crippen LogP contribution in [0.15, 0.2) is 0 Å². The van der Waals surface area contributed by atoms with E-state index >= 15 is 0 Å². The van der Waals surface area contributed by atoms with Gasteiger partial charge in [0.2, 0.25) is 0 Å². The summed E-state index contributed by atoms with van der Waals surface area (Å²) in [5.74, 6) is 0. The van der Waals surface area contributed by atoms with Crippen molar-refractivity contribution in [3.63, 3.8) is 0 Å². The van der Waals surface area contributed by atoms with Crippen molar-refractivity contribution in [2.24, 2.45) is 5.73 Å². The fourth-order valence-electron chi connectivity index (χ4n) is 2.33. The van der Waals surface area contributed by atoms with Crippen molar-refractivity contribution in [3.05, 3.63) is 0 Å². The topological polar surface area (TPSA) is 41.7 Å². The van der Waals surface area contributed by atoms with Crippen LogP contribution in [0.25, 0.3) is 0 Å². The molecule has 0 amide bonds. The Balaban J connectivity index is 4.44. The van der Waals surface area contributed by atoms with Crippen LogP contribution in [0.3, 0.4) is 0 Å². The molecular formula is C13H31N3O. The molecular weight excluding hydrogens is 214 g/mol. The van der Waals surface area contributed by atoms with Crippen molar-refractivity contribution in [1.82, 2.24) is 9.80 Å². The van der Waals surface area contributed by atoms with Gasteiger partial charge in [0.25, 0.3) is 0 Å². The molecule has 0 aromatic carbocycles. The van der Waals surface area contributed by atoms with Gasteiger partial charge in [-0.25, -0.2) is 0 Å². The Morgan fingerprint density at radius 2 is 1.82 bits per heavy atom. The Bertz CT molecular complexity index is 182. The highest BCUT2D eigenvalue weighted by atomic mass is 16.5. The van der Waals surface area contributed by atoms with E-state index in [4.69, 9.17) is 10.5 Å². The minimum atomic E-state index is 0.00973. The number of ether oxygens (including phenoxy) is 1. The van der Waals surface area contributed by atoms with Crippen molar-refractivity contribution in [3.8, 4) is 0 Å². The Morgan fingerprint density at radius 3 is 2.18 bits per heavy atom. The van der Waals surface area contributed by atoms with Crippen LogP contribution >= 0.6 is 0 Å². The highest BCUT2D eigenvalue weighted by Crippen LogP contribution is 2.19. The third kappa shape index (κ3) is 5.34. The van der Waals surface area contributed by atoms with Crippen LogP contribution in [0.2, 0.25) is 0 Å². The van der Waals surface area contributed by atoms with Crippen LogP contribution in [-0.4, -0.2) is 69.3 Å². The molecule has 0 rings (SSSR count). The van der Waals surface area contributed by atoms with E-state index in [1.807, 2.05) is 0 Å². The molecule has 0 aliphatic heterocycles. The minimum Gasteiger partial charge on any atom is -0.383 e. The Hall–Kier alpha value is -0.160. The largest absolute Gasteiger partial charge is 0.383 e. The maximum Gasteiger partial charge on any atom is 0.0658 e. The summed E-state index contributed by atoms with van der Waals surface area (Å²) in [5, 5.41) is 0. The molecule has 0 saturated heterocycles. The van der Waals surface area contributed by atoms with Gasteiger partial charge in [-0.15, -0.1) is 0 Å². The SMILES string of the molecule is CCN(CCCN(C)C)C(CC)(CN)COC. The van der Waals surface area contributed by atoms with Gasteiger partial charge >= 0.3 is 0 Å². The normalized spacial score (nSPS) is 15.5. The number of nitrogens with two attached hydrogens (primary N) is 1. The van der Waals surface area contributed by atoms with Crippen LogP contribution < -0.4 is 5.73 Å². The van der Waals surface area contributed by atoms with E-state index in [1.165, 1.54) is 6.42 Å². The van der Waals surface area contributed by atoms with E-state index in [0.717, 1.165) is 32.7 Å². The smallest absolute Gasteiger partial charge is 0.0658 e. The quantitative estimate of drug-likeness (QED) is 0.624. The molecule has 0 saturated carbocycles. The molecule has 4 heteroatoms. The van der Waals surface area contributed by atoms with Crippen LogP contribution in [0.4, 0.5) is 0 Å². The fourth-order valence-corrected chi connectivity index (χ4v) is 2.33. The standard InChI is InChI=1S/C13H31N3O/c1-6-13(11-14,12-17-5)16(7-2)10-8-9-15(3)4/h6-12,14H2,1-5H3. The first kappa shape index (κ1) is 16.8. The lowest BCUT2D eigenvalue weighted by molar-refractivity contribution is 0.0132. The van der Waals surface area contributed by atoms with E-state index in [9.17, 15) is 0 Å². The van der Waals surface area contributed by atoms with Gasteiger partial charge in [-0.2, -0.15) is 0 Å². The van der Waals surface area contributed by atoms with Crippen molar-refractivity contribution in [2.75, 3.05) is 54.0 Å². The molecule has 0 radical (unpaired) electrons. The number of hydrogen-bond acceptors (Lipinski definition) is 4. The van der Waals surface area contributed by atoms with Crippen molar-refractivity contribution >= 4 is 0 Å². The van der Waals surface area contributed by atoms with Crippen molar-refractivity contribution in [2.45, 2.75) is 32.2 Å². The predicted octanol–water partition coefficient (Wildman–Crippen LogP) is 1.01. The van der Waals surface area contributed by atoms with Gasteiger partial charge in [-0.05, 0) is 40.0 Å². The second-order valence-corrected chi connectivity index (χ2v) is 4.95. The van der Waals surface area contributed by atoms with Crippen molar-refractivity contribution < 1.29 is 4.74 Å². The van der Waals surface area contributed by atoms with Gasteiger partial charge in [0, 0.05) is 20.2 Å². The molecule has 0 aliphatic carbocycles. The van der Waals surface area contributed by atoms with Crippen LogP contribution in [0.1, 0.15) is 26.7 Å². The molecule has 0 heterocycles. The minimum absolute atomic E-state index is 0.00973. The monoisotopic (exact) mass is 245 g/mol. The van der Waals surface area contributed by atoms with E-state index in [1.54, 1.807) is 7.11 Å². The summed E-state index contributed by atoms with van der Waals surface area (Å²) in [6.07, 6.45) is 2.21. The molecule has 2 N–H and O–H groups in total. The average Bonchev–Trinajstić information content (AvgIpc) is 2.32. The lowest BCUT2D eigenvalue weighted by Crippen LogP contribution is -2.57. The van der Waals surface area contributed by atoms with Crippen LogP contribution in [-0.2, 0) is 4.74 Å². The molecule has 4 nitrogen and oxygen atoms in total. The lowest BCUT2D eigenvalue weighted by atomic mass is 9.94. The number of methoxy groups -OCH3 is 1. The van der Waals surface area contributed by atoms with Gasteiger partial charge in [-0.3, -0.25) is 4.90 Å². The Labute approximate surface area is 107 Å². The fraction of sp³-hybridized carbons (Fsp3) is 1.00. The van der Waals surface area contributed by atoms with E-state index < -0.39 is 0 Å². The molecule has 1 atom stereocenters. The number of likely N-dealkylation sites (N-methyl/N-ethyl adjacent to an activating group) is 1. The van der Waals surface area contributed by atoms with Gasteiger partial charge in [-0.1, -0.05) is 13.8 Å². The number of rotatable bonds is 10. The summed E-state index contributed by atoms with van der Waals surface area (Å²) in [6.45, 7) is 9.01. The molecule has 0 spiro atoms. The maximum atomic E-state index is 5.98. The third-order valence-corrected chi connectivity index (χ3v) is 3.54. The summed E-state index contributed by atoms with van der Waals surface area (Å²) in [6, 6.07) is 0. The number of nitrogens with zero attached hydrogens (tertiary/aromatic N) is 2. The number of hydrogen-bond donors (Lipinski definition) is 1. The zero-order valence-electron chi connectivity index (χ0n) is 12.3. The van der Waals surface area contributed by atoms with Gasteiger partial charge in [0.05, 0.1) is 12.1 Å². The summed E-state index contributed by atoms with van der Waals surface area (Å²) < 4.78 is 5.37. The first-order chi connectivity index (χ1) is 8.06. The zero-order valence-corrected chi connectivity index (χ0v) is 12.3. The molecule has 0 aromatic rings. The molecule has 17 heavy (non-hydrogen) atoms. The van der Waals surface area contributed by atoms with Crippen LogP contribution in [0, 0.1) is 0 Å². The Kier molecular flexibility index (Phi) is 8.78. The summed E-state index contributed by atoms with van der Waals surface area (Å²) >= 11 is 0. The molecule has 0 fully saturated rings. The second-order valence-electron chi connectivity index (χ2n) is 4.95. The maximum absolute atomic E-state index is 5.98. The van der Waals surface area contributed by atoms with Gasteiger partial charge in [0.1, 0.15) is 0 Å².